The van der Waals surface area contributed by atoms with E-state index in [2.05, 4.69) is 20.8 Å². The Morgan fingerprint density at radius 3 is 2.43 bits per heavy atom. The summed E-state index contributed by atoms with van der Waals surface area (Å²) in [5, 5.41) is 9.39. The smallest absolute Gasteiger partial charge is 0.241 e. The number of furan rings is 1. The number of nitrogens with zero attached hydrogens (tertiary/aromatic N) is 3. The number of amides is 2. The maximum Gasteiger partial charge on any atom is 0.241 e. The molecule has 3 aromatic rings. The first kappa shape index (κ1) is 19.3. The van der Waals surface area contributed by atoms with Crippen molar-refractivity contribution in [2.24, 2.45) is 0 Å². The van der Waals surface area contributed by atoms with Gasteiger partial charge in [-0.3, -0.25) is 14.5 Å². The Kier molecular flexibility index (Phi) is 6.18. The van der Waals surface area contributed by atoms with Gasteiger partial charge in [0.25, 0.3) is 0 Å². The second kappa shape index (κ2) is 8.96. The number of likely N-dealkylation sites (N-methyl/N-ethyl adjacent to an activating group) is 1. The maximum atomic E-state index is 12.3. The van der Waals surface area contributed by atoms with Crippen molar-refractivity contribution in [3.8, 4) is 11.6 Å². The molecule has 0 saturated carbocycles. The third-order valence-corrected chi connectivity index (χ3v) is 3.87. The monoisotopic (exact) mass is 383 g/mol. The number of hydrogen-bond acceptors (Lipinski definition) is 7. The number of benzene rings is 1. The van der Waals surface area contributed by atoms with Crippen LogP contribution in [0.4, 0.5) is 11.4 Å². The molecule has 0 atom stereocenters. The normalized spacial score (nSPS) is 10.8. The molecule has 0 bridgehead atoms. The lowest BCUT2D eigenvalue weighted by Gasteiger charge is -2.17. The summed E-state index contributed by atoms with van der Waals surface area (Å²) in [6.07, 6.45) is 1.54. The van der Waals surface area contributed by atoms with Crippen LogP contribution in [0.3, 0.4) is 0 Å². The second-order valence-electron chi connectivity index (χ2n) is 6.10. The van der Waals surface area contributed by atoms with E-state index in [4.69, 9.17) is 8.94 Å². The molecule has 0 fully saturated rings. The van der Waals surface area contributed by atoms with Crippen LogP contribution in [0.2, 0.25) is 0 Å². The summed E-state index contributed by atoms with van der Waals surface area (Å²) < 4.78 is 10.5. The van der Waals surface area contributed by atoms with Gasteiger partial charge in [0.15, 0.2) is 5.76 Å². The van der Waals surface area contributed by atoms with Crippen LogP contribution in [0.15, 0.2) is 51.6 Å². The van der Waals surface area contributed by atoms with E-state index in [1.54, 1.807) is 36.4 Å². The van der Waals surface area contributed by atoms with Gasteiger partial charge in [0, 0.05) is 18.3 Å². The van der Waals surface area contributed by atoms with Crippen molar-refractivity contribution in [3.05, 3.63) is 48.6 Å². The Balaban J connectivity index is 1.54. The van der Waals surface area contributed by atoms with Crippen molar-refractivity contribution in [1.82, 2.24) is 15.0 Å². The lowest BCUT2D eigenvalue weighted by Crippen LogP contribution is -2.32. The van der Waals surface area contributed by atoms with Crippen molar-refractivity contribution >= 4 is 23.2 Å². The number of rotatable bonds is 8. The Bertz CT molecular complexity index is 918. The topological polar surface area (TPSA) is 114 Å². The van der Waals surface area contributed by atoms with E-state index in [0.717, 1.165) is 0 Å². The summed E-state index contributed by atoms with van der Waals surface area (Å²) in [7, 11) is 0. The van der Waals surface area contributed by atoms with E-state index in [1.807, 2.05) is 11.8 Å². The molecule has 0 saturated heterocycles. The SMILES string of the molecule is CCN(CC(=O)Nc1ccc(NC(C)=O)cc1)Cc1nc(-c2ccco2)no1. The van der Waals surface area contributed by atoms with Crippen LogP contribution in [-0.4, -0.2) is 39.9 Å². The molecule has 9 nitrogen and oxygen atoms in total. The van der Waals surface area contributed by atoms with Crippen molar-refractivity contribution in [2.45, 2.75) is 20.4 Å². The van der Waals surface area contributed by atoms with E-state index in [0.29, 0.717) is 41.9 Å². The number of carbonyl (C=O) groups is 2. The van der Waals surface area contributed by atoms with E-state index in [1.165, 1.54) is 13.2 Å². The minimum absolute atomic E-state index is 0.147. The molecule has 9 heteroatoms. The number of anilines is 2. The average molecular weight is 383 g/mol. The molecule has 3 rings (SSSR count). The highest BCUT2D eigenvalue weighted by molar-refractivity contribution is 5.93. The van der Waals surface area contributed by atoms with Crippen molar-refractivity contribution in [2.75, 3.05) is 23.7 Å². The molecule has 2 aromatic heterocycles. The van der Waals surface area contributed by atoms with E-state index >= 15 is 0 Å². The largest absolute Gasteiger partial charge is 0.461 e. The van der Waals surface area contributed by atoms with Crippen LogP contribution in [0.5, 0.6) is 0 Å². The van der Waals surface area contributed by atoms with Gasteiger partial charge in [0.1, 0.15) is 0 Å². The number of hydrogen-bond donors (Lipinski definition) is 2. The molecule has 28 heavy (non-hydrogen) atoms. The highest BCUT2D eigenvalue weighted by Gasteiger charge is 2.16. The van der Waals surface area contributed by atoms with Crippen LogP contribution in [0, 0.1) is 0 Å². The molecule has 0 unspecified atom stereocenters. The summed E-state index contributed by atoms with van der Waals surface area (Å²) >= 11 is 0. The first-order valence-corrected chi connectivity index (χ1v) is 8.80. The Labute approximate surface area is 161 Å². The van der Waals surface area contributed by atoms with Gasteiger partial charge in [-0.05, 0) is 42.9 Å². The van der Waals surface area contributed by atoms with E-state index < -0.39 is 0 Å². The van der Waals surface area contributed by atoms with Crippen LogP contribution in [0.25, 0.3) is 11.6 Å². The first-order valence-electron chi connectivity index (χ1n) is 8.80. The van der Waals surface area contributed by atoms with Gasteiger partial charge < -0.3 is 19.6 Å². The minimum atomic E-state index is -0.167. The van der Waals surface area contributed by atoms with Crippen LogP contribution < -0.4 is 10.6 Å². The molecule has 1 aromatic carbocycles. The molecule has 2 amide bonds. The van der Waals surface area contributed by atoms with Gasteiger partial charge in [0.2, 0.25) is 23.5 Å². The van der Waals surface area contributed by atoms with Gasteiger partial charge >= 0.3 is 0 Å². The number of nitrogens with one attached hydrogen (secondary N) is 2. The summed E-state index contributed by atoms with van der Waals surface area (Å²) in [4.78, 5) is 29.5. The van der Waals surface area contributed by atoms with Crippen molar-refractivity contribution in [3.63, 3.8) is 0 Å². The van der Waals surface area contributed by atoms with Crippen molar-refractivity contribution in [1.29, 1.82) is 0 Å². The summed E-state index contributed by atoms with van der Waals surface area (Å²) in [6, 6.07) is 10.4. The molecule has 0 radical (unpaired) electrons. The second-order valence-corrected chi connectivity index (χ2v) is 6.10. The maximum absolute atomic E-state index is 12.3. The minimum Gasteiger partial charge on any atom is -0.461 e. The third-order valence-electron chi connectivity index (χ3n) is 3.87. The molecule has 146 valence electrons. The highest BCUT2D eigenvalue weighted by atomic mass is 16.5. The summed E-state index contributed by atoms with van der Waals surface area (Å²) in [5.41, 5.74) is 1.32. The van der Waals surface area contributed by atoms with E-state index in [-0.39, 0.29) is 18.4 Å². The zero-order valence-corrected chi connectivity index (χ0v) is 15.6. The van der Waals surface area contributed by atoms with Gasteiger partial charge in [-0.2, -0.15) is 4.98 Å². The summed E-state index contributed by atoms with van der Waals surface area (Å²) in [5.74, 6) is 0.991. The lowest BCUT2D eigenvalue weighted by molar-refractivity contribution is -0.117. The Hall–Kier alpha value is -3.46. The van der Waals surface area contributed by atoms with Gasteiger partial charge in [0.05, 0.1) is 19.4 Å². The van der Waals surface area contributed by atoms with Crippen LogP contribution >= 0.6 is 0 Å². The molecule has 2 N–H and O–H groups in total. The van der Waals surface area contributed by atoms with Gasteiger partial charge in [-0.1, -0.05) is 12.1 Å². The zero-order chi connectivity index (χ0) is 19.9. The molecular formula is C19H21N5O4. The van der Waals surface area contributed by atoms with Crippen LogP contribution in [-0.2, 0) is 16.1 Å². The third kappa shape index (κ3) is 5.27. The van der Waals surface area contributed by atoms with E-state index in [9.17, 15) is 9.59 Å². The average Bonchev–Trinajstić information content (AvgIpc) is 3.34. The molecule has 0 aliphatic carbocycles. The highest BCUT2D eigenvalue weighted by Crippen LogP contribution is 2.17. The fourth-order valence-electron chi connectivity index (χ4n) is 2.54. The molecule has 2 heterocycles. The number of aromatic nitrogens is 2. The fraction of sp³-hybridized carbons (Fsp3) is 0.263. The Morgan fingerprint density at radius 2 is 1.82 bits per heavy atom. The first-order chi connectivity index (χ1) is 13.5. The zero-order valence-electron chi connectivity index (χ0n) is 15.6. The standard InChI is InChI=1S/C19H21N5O4/c1-3-24(12-18-22-19(23-28-18)16-5-4-10-27-16)11-17(26)21-15-8-6-14(7-9-15)20-13(2)25/h4-10H,3,11-12H2,1-2H3,(H,20,25)(H,21,26). The fourth-order valence-corrected chi connectivity index (χ4v) is 2.54. The quantitative estimate of drug-likeness (QED) is 0.615. The van der Waals surface area contributed by atoms with Gasteiger partial charge in [-0.25, -0.2) is 0 Å². The van der Waals surface area contributed by atoms with Crippen LogP contribution in [0.1, 0.15) is 19.7 Å². The predicted octanol–water partition coefficient (Wildman–Crippen LogP) is 2.75. The Morgan fingerprint density at radius 1 is 1.11 bits per heavy atom. The molecule has 0 spiro atoms. The molecule has 0 aliphatic heterocycles. The molecule has 0 aliphatic rings. The summed E-state index contributed by atoms with van der Waals surface area (Å²) in [6.45, 7) is 4.53. The lowest BCUT2D eigenvalue weighted by atomic mass is 10.2. The van der Waals surface area contributed by atoms with Crippen molar-refractivity contribution < 1.29 is 18.5 Å². The van der Waals surface area contributed by atoms with Gasteiger partial charge in [-0.15, -0.1) is 0 Å². The number of carbonyl (C=O) groups excluding carboxylic acids is 2. The molecular weight excluding hydrogens is 362 g/mol. The predicted molar refractivity (Wildman–Crippen MR) is 102 cm³/mol.